The molecule has 1 saturated heterocycles. The Morgan fingerprint density at radius 1 is 1.09 bits per heavy atom. The highest BCUT2D eigenvalue weighted by Gasteiger charge is 2.45. The van der Waals surface area contributed by atoms with Crippen molar-refractivity contribution < 1.29 is 61.4 Å². The fourth-order valence-corrected chi connectivity index (χ4v) is 4.44. The lowest BCUT2D eigenvalue weighted by Crippen LogP contribution is -2.37. The minimum atomic E-state index is -4.83. The first-order valence-corrected chi connectivity index (χ1v) is 13.5. The van der Waals surface area contributed by atoms with Gasteiger partial charge in [-0.2, -0.15) is 13.2 Å². The minimum absolute atomic E-state index is 0.0249. The molecule has 1 aliphatic rings. The molecule has 0 aromatic heterocycles. The summed E-state index contributed by atoms with van der Waals surface area (Å²) >= 11 is 0. The van der Waals surface area contributed by atoms with Crippen molar-refractivity contribution in [1.29, 1.82) is 0 Å². The number of carboxylic acid groups (broad SMARTS) is 1. The number of carbonyl (C=O) groups excluding carboxylic acids is 1. The van der Waals surface area contributed by atoms with Gasteiger partial charge in [0.05, 0.1) is 18.8 Å². The molecule has 2 N–H and O–H groups in total. The number of carboxylic acids is 1. The van der Waals surface area contributed by atoms with Crippen molar-refractivity contribution in [3.8, 4) is 11.5 Å². The second-order valence-corrected chi connectivity index (χ2v) is 10.2. The number of aliphatic hydroxyl groups is 1. The normalized spacial score (nSPS) is 19.6. The van der Waals surface area contributed by atoms with Crippen LogP contribution in [0.2, 0.25) is 0 Å². The van der Waals surface area contributed by atoms with Gasteiger partial charge in [-0.3, -0.25) is 0 Å². The fourth-order valence-electron chi connectivity index (χ4n) is 4.44. The van der Waals surface area contributed by atoms with Crippen LogP contribution in [0.5, 0.6) is 11.5 Å². The van der Waals surface area contributed by atoms with E-state index in [1.807, 2.05) is 0 Å². The van der Waals surface area contributed by atoms with Crippen molar-refractivity contribution in [3.05, 3.63) is 77.4 Å². The quantitative estimate of drug-likeness (QED) is 0.160. The van der Waals surface area contributed by atoms with Gasteiger partial charge in [0.25, 0.3) is 0 Å². The van der Waals surface area contributed by atoms with E-state index < -0.39 is 54.7 Å². The number of rotatable bonds is 14. The van der Waals surface area contributed by atoms with Gasteiger partial charge < -0.3 is 38.6 Å². The number of benzene rings is 2. The van der Waals surface area contributed by atoms with Crippen molar-refractivity contribution >= 4 is 18.0 Å². The number of aliphatic hydroxyl groups excluding tert-OH is 1. The van der Waals surface area contributed by atoms with E-state index in [9.17, 15) is 33.0 Å². The molecule has 2 aromatic carbocycles. The van der Waals surface area contributed by atoms with Gasteiger partial charge in [-0.05, 0) is 50.1 Å². The predicted octanol–water partition coefficient (Wildman–Crippen LogP) is 5.39. The number of carbonyl (C=O) groups is 2. The molecule has 0 radical (unpaired) electrons. The van der Waals surface area contributed by atoms with E-state index >= 15 is 0 Å². The Morgan fingerprint density at radius 3 is 2.41 bits per heavy atom. The molecule has 13 heteroatoms. The maximum atomic E-state index is 12.9. The van der Waals surface area contributed by atoms with Crippen molar-refractivity contribution in [3.63, 3.8) is 0 Å². The van der Waals surface area contributed by atoms with Gasteiger partial charge in [-0.1, -0.05) is 36.4 Å². The molecule has 2 aromatic rings. The molecule has 0 spiro atoms. The third-order valence-electron chi connectivity index (χ3n) is 6.41. The van der Waals surface area contributed by atoms with Gasteiger partial charge in [0.2, 0.25) is 0 Å². The summed E-state index contributed by atoms with van der Waals surface area (Å²) in [6.07, 6.45) is -5.61. The van der Waals surface area contributed by atoms with E-state index in [0.717, 1.165) is 6.08 Å². The Morgan fingerprint density at radius 2 is 1.80 bits per heavy atom. The van der Waals surface area contributed by atoms with Crippen LogP contribution in [-0.4, -0.2) is 79.5 Å². The Kier molecular flexibility index (Phi) is 11.9. The maximum absolute atomic E-state index is 12.9. The van der Waals surface area contributed by atoms with Crippen LogP contribution in [0.1, 0.15) is 53.0 Å². The zero-order chi connectivity index (χ0) is 32.5. The van der Waals surface area contributed by atoms with Gasteiger partial charge in [0, 0.05) is 19.6 Å². The number of ether oxygens (including phenoxy) is 6. The smallest absolute Gasteiger partial charge is 0.414 e. The second-order valence-electron chi connectivity index (χ2n) is 10.2. The number of alkyl halides is 3. The summed E-state index contributed by atoms with van der Waals surface area (Å²) in [7, 11) is 2.80. The Bertz CT molecular complexity index is 1320. The van der Waals surface area contributed by atoms with Crippen LogP contribution in [0.15, 0.2) is 60.7 Å². The maximum Gasteiger partial charge on any atom is 0.414 e. The summed E-state index contributed by atoms with van der Waals surface area (Å²) in [6.45, 7) is 3.05. The van der Waals surface area contributed by atoms with Crippen LogP contribution in [0.4, 0.5) is 13.2 Å². The van der Waals surface area contributed by atoms with E-state index in [0.29, 0.717) is 5.75 Å². The number of esters is 1. The third-order valence-corrected chi connectivity index (χ3v) is 6.41. The van der Waals surface area contributed by atoms with Crippen LogP contribution < -0.4 is 9.47 Å². The molecular formula is C31H35F3O10. The molecule has 44 heavy (non-hydrogen) atoms. The number of halogens is 3. The van der Waals surface area contributed by atoms with Crippen LogP contribution in [-0.2, 0) is 18.9 Å². The fraction of sp³-hybridized carbons (Fsp3) is 0.419. The van der Waals surface area contributed by atoms with Crippen LogP contribution in [0.25, 0.3) is 6.08 Å². The lowest BCUT2D eigenvalue weighted by molar-refractivity contribution is -0.202. The molecule has 3 rings (SSSR count). The predicted molar refractivity (Wildman–Crippen MR) is 151 cm³/mol. The van der Waals surface area contributed by atoms with Crippen LogP contribution >= 0.6 is 0 Å². The standard InChI is InChI=1S/C31H35F3O10/c1-30(2)43-23(14-8-12-20-16-21(40-4)17-24(41-18-39-3)26(20)28(36)37)27(44-30)22(13-9-15-25(35)31(32,33)34)42-29(38)19-10-6-5-7-11-19/h5-13,16-17,22-23,25,27,35H,14-15,18H2,1-4H3,(H,36,37)/b12-8+,13-9-/t22?,23-,25?,27+/m0/s1. The van der Waals surface area contributed by atoms with Crippen molar-refractivity contribution in [2.45, 2.75) is 63.1 Å². The Labute approximate surface area is 252 Å². The molecule has 240 valence electrons. The Balaban J connectivity index is 1.91. The molecule has 0 saturated carbocycles. The molecule has 2 unspecified atom stereocenters. The first-order valence-electron chi connectivity index (χ1n) is 13.5. The van der Waals surface area contributed by atoms with E-state index in [4.69, 9.17) is 28.4 Å². The summed E-state index contributed by atoms with van der Waals surface area (Å²) in [6, 6.07) is 10.9. The molecule has 10 nitrogen and oxygen atoms in total. The van der Waals surface area contributed by atoms with Gasteiger partial charge in [0.15, 0.2) is 18.7 Å². The zero-order valence-electron chi connectivity index (χ0n) is 24.6. The highest BCUT2D eigenvalue weighted by Crippen LogP contribution is 2.35. The molecule has 0 bridgehead atoms. The average Bonchev–Trinajstić information content (AvgIpc) is 3.28. The topological polar surface area (TPSA) is 130 Å². The highest BCUT2D eigenvalue weighted by atomic mass is 19.4. The highest BCUT2D eigenvalue weighted by molar-refractivity contribution is 5.95. The molecule has 0 amide bonds. The third kappa shape index (κ3) is 9.55. The second kappa shape index (κ2) is 15.2. The SMILES string of the molecule is COCOc1cc(OC)cc(/C=C/C[C@@H]2OC(C)(C)O[C@@H]2C(/C=C\CC(O)C(F)(F)F)OC(=O)c2ccccc2)c1C(=O)O. The van der Waals surface area contributed by atoms with E-state index in [-0.39, 0.29) is 35.7 Å². The van der Waals surface area contributed by atoms with Crippen LogP contribution in [0.3, 0.4) is 0 Å². The summed E-state index contributed by atoms with van der Waals surface area (Å²) in [5, 5.41) is 19.3. The average molecular weight is 625 g/mol. The number of hydrogen-bond donors (Lipinski definition) is 2. The zero-order valence-corrected chi connectivity index (χ0v) is 24.6. The summed E-state index contributed by atoms with van der Waals surface area (Å²) in [4.78, 5) is 25.0. The minimum Gasteiger partial charge on any atom is -0.497 e. The number of hydrogen-bond acceptors (Lipinski definition) is 9. The monoisotopic (exact) mass is 624 g/mol. The van der Waals surface area contributed by atoms with Gasteiger partial charge >= 0.3 is 18.1 Å². The Hall–Kier alpha value is -3.91. The molecule has 4 atom stereocenters. The van der Waals surface area contributed by atoms with Gasteiger partial charge in [0.1, 0.15) is 29.3 Å². The molecule has 1 heterocycles. The van der Waals surface area contributed by atoms with Crippen LogP contribution in [0, 0.1) is 0 Å². The lowest BCUT2D eigenvalue weighted by atomic mass is 10.0. The van der Waals surface area contributed by atoms with E-state index in [1.54, 1.807) is 38.1 Å². The summed E-state index contributed by atoms with van der Waals surface area (Å²) in [5.74, 6) is -2.80. The lowest BCUT2D eigenvalue weighted by Gasteiger charge is -2.24. The van der Waals surface area contributed by atoms with Crippen molar-refractivity contribution in [2.24, 2.45) is 0 Å². The van der Waals surface area contributed by atoms with Gasteiger partial charge in [-0.15, -0.1) is 0 Å². The first kappa shape index (κ1) is 34.6. The molecular weight excluding hydrogens is 589 g/mol. The number of aromatic carboxylic acids is 1. The molecule has 1 aliphatic heterocycles. The van der Waals surface area contributed by atoms with Crippen molar-refractivity contribution in [2.75, 3.05) is 21.0 Å². The summed E-state index contributed by atoms with van der Waals surface area (Å²) in [5.41, 5.74) is 0.327. The first-order chi connectivity index (χ1) is 20.8. The largest absolute Gasteiger partial charge is 0.497 e. The van der Waals surface area contributed by atoms with E-state index in [2.05, 4.69) is 0 Å². The molecule has 1 fully saturated rings. The van der Waals surface area contributed by atoms with E-state index in [1.165, 1.54) is 50.6 Å². The molecule has 0 aliphatic carbocycles. The van der Waals surface area contributed by atoms with Crippen molar-refractivity contribution in [1.82, 2.24) is 0 Å². The number of methoxy groups -OCH3 is 2. The van der Waals surface area contributed by atoms with Gasteiger partial charge in [-0.25, -0.2) is 9.59 Å². The summed E-state index contributed by atoms with van der Waals surface area (Å²) < 4.78 is 72.0.